The fourth-order valence-electron chi connectivity index (χ4n) is 0.572. The summed E-state index contributed by atoms with van der Waals surface area (Å²) in [5.41, 5.74) is 0. The van der Waals surface area contributed by atoms with Crippen LogP contribution in [-0.2, 0) is 7.05 Å². The Morgan fingerprint density at radius 2 is 1.70 bits per heavy atom. The molecule has 1 aromatic rings. The number of nitrogens with zero attached hydrogens (tertiary/aromatic N) is 1. The van der Waals surface area contributed by atoms with E-state index >= 15 is 0 Å². The lowest BCUT2D eigenvalue weighted by molar-refractivity contribution is 0.437. The molecule has 1 heterocycles. The molecule has 0 bridgehead atoms. The van der Waals surface area contributed by atoms with Crippen LogP contribution in [0.25, 0.3) is 0 Å². The summed E-state index contributed by atoms with van der Waals surface area (Å²) in [5, 5.41) is 0. The van der Waals surface area contributed by atoms with Crippen molar-refractivity contribution in [1.82, 2.24) is 4.57 Å². The van der Waals surface area contributed by atoms with E-state index in [-0.39, 0.29) is 4.51 Å². The second-order valence-electron chi connectivity index (χ2n) is 1.90. The van der Waals surface area contributed by atoms with Crippen LogP contribution in [0, 0.1) is 16.4 Å². The Hall–Kier alpha value is -0.770. The Bertz CT molecular complexity index is 279. The highest BCUT2D eigenvalue weighted by molar-refractivity contribution is 7.71. The summed E-state index contributed by atoms with van der Waals surface area (Å²) in [4.78, 5) is 0. The van der Waals surface area contributed by atoms with Crippen LogP contribution < -0.4 is 0 Å². The molecule has 0 aliphatic heterocycles. The van der Waals surface area contributed by atoms with Gasteiger partial charge in [-0.15, -0.1) is 0 Å². The molecule has 0 saturated heterocycles. The highest BCUT2D eigenvalue weighted by Crippen LogP contribution is 2.02. The highest BCUT2D eigenvalue weighted by Gasteiger charge is 1.98. The van der Waals surface area contributed by atoms with Gasteiger partial charge in [-0.2, -0.15) is 8.78 Å². The smallest absolute Gasteiger partial charge is 0.196 e. The molecule has 0 saturated carbocycles. The van der Waals surface area contributed by atoms with Gasteiger partial charge >= 0.3 is 0 Å². The van der Waals surface area contributed by atoms with Gasteiger partial charge in [-0.25, -0.2) is 0 Å². The Kier molecular flexibility index (Phi) is 1.80. The van der Waals surface area contributed by atoms with E-state index in [2.05, 4.69) is 12.2 Å². The van der Waals surface area contributed by atoms with E-state index in [1.165, 1.54) is 7.05 Å². The zero-order valence-corrected chi connectivity index (χ0v) is 6.08. The first-order valence-electron chi connectivity index (χ1n) is 2.63. The molecular formula is C6H5F2NS. The van der Waals surface area contributed by atoms with E-state index in [0.717, 1.165) is 16.7 Å². The van der Waals surface area contributed by atoms with Crippen LogP contribution in [0.15, 0.2) is 12.1 Å². The van der Waals surface area contributed by atoms with Crippen molar-refractivity contribution in [1.29, 1.82) is 0 Å². The lowest BCUT2D eigenvalue weighted by Gasteiger charge is -1.99. The van der Waals surface area contributed by atoms with E-state index in [1.807, 2.05) is 0 Å². The summed E-state index contributed by atoms with van der Waals surface area (Å²) in [6, 6.07) is 2.19. The molecule has 1 aromatic heterocycles. The topological polar surface area (TPSA) is 4.93 Å². The molecule has 0 aliphatic rings. The Morgan fingerprint density at radius 3 is 2.10 bits per heavy atom. The monoisotopic (exact) mass is 161 g/mol. The SMILES string of the molecule is Cn1c(F)cc(=S)cc1F. The van der Waals surface area contributed by atoms with Gasteiger partial charge in [-0.3, -0.25) is 4.57 Å². The first-order chi connectivity index (χ1) is 4.61. The van der Waals surface area contributed by atoms with E-state index in [9.17, 15) is 8.78 Å². The van der Waals surface area contributed by atoms with Crippen molar-refractivity contribution >= 4 is 12.2 Å². The van der Waals surface area contributed by atoms with Gasteiger partial charge in [-0.05, 0) is 0 Å². The third kappa shape index (κ3) is 1.21. The van der Waals surface area contributed by atoms with Crippen LogP contribution in [0.4, 0.5) is 8.78 Å². The number of pyridine rings is 1. The minimum Gasteiger partial charge on any atom is -0.298 e. The van der Waals surface area contributed by atoms with Gasteiger partial charge in [0.25, 0.3) is 0 Å². The predicted octanol–water partition coefficient (Wildman–Crippen LogP) is 2.03. The van der Waals surface area contributed by atoms with E-state index < -0.39 is 11.9 Å². The maximum Gasteiger partial charge on any atom is 0.196 e. The lowest BCUT2D eigenvalue weighted by atomic mass is 10.5. The fraction of sp³-hybridized carbons (Fsp3) is 0.167. The predicted molar refractivity (Wildman–Crippen MR) is 36.2 cm³/mol. The van der Waals surface area contributed by atoms with Gasteiger partial charge in [0, 0.05) is 23.7 Å². The summed E-state index contributed by atoms with van der Waals surface area (Å²) < 4.78 is 26.0. The van der Waals surface area contributed by atoms with Crippen LogP contribution in [-0.4, -0.2) is 4.57 Å². The van der Waals surface area contributed by atoms with Crippen LogP contribution >= 0.6 is 12.2 Å². The Balaban J connectivity index is 3.46. The molecule has 1 nitrogen and oxygen atoms in total. The van der Waals surface area contributed by atoms with Crippen LogP contribution in [0.3, 0.4) is 0 Å². The summed E-state index contributed by atoms with van der Waals surface area (Å²) in [7, 11) is 1.29. The average Bonchev–Trinajstić information content (AvgIpc) is 1.82. The number of rotatable bonds is 0. The molecule has 0 radical (unpaired) electrons. The minimum absolute atomic E-state index is 0.174. The molecule has 10 heavy (non-hydrogen) atoms. The van der Waals surface area contributed by atoms with Crippen LogP contribution in [0.2, 0.25) is 0 Å². The summed E-state index contributed by atoms with van der Waals surface area (Å²) in [6.45, 7) is 0. The maximum absolute atomic E-state index is 12.5. The Labute approximate surface area is 61.9 Å². The lowest BCUT2D eigenvalue weighted by Crippen LogP contribution is -2.01. The van der Waals surface area contributed by atoms with Crippen molar-refractivity contribution in [2.75, 3.05) is 0 Å². The largest absolute Gasteiger partial charge is 0.298 e. The first kappa shape index (κ1) is 7.34. The van der Waals surface area contributed by atoms with Crippen molar-refractivity contribution in [3.05, 3.63) is 28.5 Å². The van der Waals surface area contributed by atoms with Crippen molar-refractivity contribution in [2.45, 2.75) is 0 Å². The standard InChI is InChI=1S/C6H5F2NS/c1-9-5(7)2-4(10)3-6(9)8/h2-3H,1H3. The number of hydrogen-bond donors (Lipinski definition) is 0. The first-order valence-corrected chi connectivity index (χ1v) is 3.04. The Morgan fingerprint density at radius 1 is 1.30 bits per heavy atom. The average molecular weight is 161 g/mol. The van der Waals surface area contributed by atoms with Gasteiger partial charge in [0.05, 0.1) is 0 Å². The summed E-state index contributed by atoms with van der Waals surface area (Å²) in [5.74, 6) is -1.32. The fourth-order valence-corrected chi connectivity index (χ4v) is 0.767. The molecule has 1 rings (SSSR count). The van der Waals surface area contributed by atoms with E-state index in [0.29, 0.717) is 0 Å². The van der Waals surface area contributed by atoms with Crippen molar-refractivity contribution < 1.29 is 8.78 Å². The number of halogens is 2. The minimum atomic E-state index is -0.662. The molecule has 0 aromatic carbocycles. The van der Waals surface area contributed by atoms with Gasteiger partial charge in [0.1, 0.15) is 0 Å². The van der Waals surface area contributed by atoms with Gasteiger partial charge in [-0.1, -0.05) is 12.2 Å². The van der Waals surface area contributed by atoms with Crippen LogP contribution in [0.1, 0.15) is 0 Å². The highest BCUT2D eigenvalue weighted by atomic mass is 32.1. The molecule has 54 valence electrons. The second-order valence-corrected chi connectivity index (χ2v) is 2.37. The zero-order valence-electron chi connectivity index (χ0n) is 5.27. The third-order valence-corrected chi connectivity index (χ3v) is 1.40. The molecular weight excluding hydrogens is 156 g/mol. The molecule has 0 fully saturated rings. The molecule has 0 atom stereocenters. The summed E-state index contributed by atoms with van der Waals surface area (Å²) >= 11 is 4.55. The second kappa shape index (κ2) is 2.46. The molecule has 4 heteroatoms. The molecule has 0 spiro atoms. The summed E-state index contributed by atoms with van der Waals surface area (Å²) in [6.07, 6.45) is 0. The van der Waals surface area contributed by atoms with Gasteiger partial charge in [0.15, 0.2) is 11.9 Å². The molecule has 0 unspecified atom stereocenters. The molecule has 0 aliphatic carbocycles. The van der Waals surface area contributed by atoms with E-state index in [1.54, 1.807) is 0 Å². The molecule has 0 amide bonds. The zero-order chi connectivity index (χ0) is 7.72. The van der Waals surface area contributed by atoms with Crippen molar-refractivity contribution in [2.24, 2.45) is 7.05 Å². The maximum atomic E-state index is 12.5. The number of hydrogen-bond acceptors (Lipinski definition) is 1. The van der Waals surface area contributed by atoms with Gasteiger partial charge in [0.2, 0.25) is 0 Å². The van der Waals surface area contributed by atoms with Crippen molar-refractivity contribution in [3.63, 3.8) is 0 Å². The van der Waals surface area contributed by atoms with Gasteiger partial charge < -0.3 is 0 Å². The van der Waals surface area contributed by atoms with E-state index in [4.69, 9.17) is 0 Å². The third-order valence-electron chi connectivity index (χ3n) is 1.16. The van der Waals surface area contributed by atoms with Crippen molar-refractivity contribution in [3.8, 4) is 0 Å². The molecule has 0 N–H and O–H groups in total. The number of aromatic nitrogens is 1. The quantitative estimate of drug-likeness (QED) is 0.416. The van der Waals surface area contributed by atoms with Crippen LogP contribution in [0.5, 0.6) is 0 Å². The normalized spacial score (nSPS) is 9.90.